The number of hydrogen-bond acceptors (Lipinski definition) is 1. The van der Waals surface area contributed by atoms with E-state index in [1.165, 1.54) is 0 Å². The molecule has 1 aliphatic heterocycles. The average molecular weight is 205 g/mol. The van der Waals surface area contributed by atoms with Gasteiger partial charge >= 0.3 is 72.4 Å². The van der Waals surface area contributed by atoms with Gasteiger partial charge in [-0.15, -0.1) is 0 Å². The summed E-state index contributed by atoms with van der Waals surface area (Å²) in [6, 6.07) is 7.44. The molecule has 0 aliphatic carbocycles. The third kappa shape index (κ3) is 0.944. The Morgan fingerprint density at radius 2 is 1.82 bits per heavy atom. The van der Waals surface area contributed by atoms with Crippen molar-refractivity contribution >= 4 is 27.3 Å². The fourth-order valence-corrected chi connectivity index (χ4v) is 1.68. The first-order valence-electron chi connectivity index (χ1n) is 3.20. The zero-order chi connectivity index (χ0) is 7.84. The van der Waals surface area contributed by atoms with Crippen LogP contribution in [0.2, 0.25) is 0 Å². The van der Waals surface area contributed by atoms with Gasteiger partial charge in [-0.05, 0) is 0 Å². The third-order valence-electron chi connectivity index (χ3n) is 1.61. The summed E-state index contributed by atoms with van der Waals surface area (Å²) in [5.74, 6) is -0.128. The Hall–Kier alpha value is -0.882. The molecule has 11 heavy (non-hydrogen) atoms. The fourth-order valence-electron chi connectivity index (χ4n) is 1.08. The second kappa shape index (κ2) is 2.31. The van der Waals surface area contributed by atoms with Gasteiger partial charge in [0, 0.05) is 0 Å². The van der Waals surface area contributed by atoms with Gasteiger partial charge in [0.15, 0.2) is 0 Å². The molecule has 0 aromatic heterocycles. The Morgan fingerprint density at radius 3 is 2.45 bits per heavy atom. The third-order valence-corrected chi connectivity index (χ3v) is 2.32. The minimum absolute atomic E-state index is 0.128. The van der Waals surface area contributed by atoms with Crippen molar-refractivity contribution in [1.29, 1.82) is 0 Å². The SMILES string of the molecule is O=C1N=C([As])c2ccccc21. The molecule has 0 bridgehead atoms. The van der Waals surface area contributed by atoms with E-state index < -0.39 is 0 Å². The summed E-state index contributed by atoms with van der Waals surface area (Å²) in [7, 11) is 0. The normalized spacial score (nSPS) is 14.6. The molecular weight excluding hydrogens is 201 g/mol. The van der Waals surface area contributed by atoms with Gasteiger partial charge in [-0.3, -0.25) is 0 Å². The Kier molecular flexibility index (Phi) is 1.43. The molecule has 0 N–H and O–H groups in total. The minimum atomic E-state index is -0.128. The second-order valence-electron chi connectivity index (χ2n) is 2.29. The first-order chi connectivity index (χ1) is 5.29. The molecule has 52 valence electrons. The standard InChI is InChI=1S/C8H4AsNO/c9-7-5-3-1-2-4-6(5)8(11)10-7/h1-4H. The van der Waals surface area contributed by atoms with Crippen LogP contribution in [-0.4, -0.2) is 27.3 Å². The average Bonchev–Trinajstić information content (AvgIpc) is 2.30. The number of fused-ring (bicyclic) bond motifs is 1. The molecule has 0 fully saturated rings. The first kappa shape index (κ1) is 6.81. The van der Waals surface area contributed by atoms with E-state index in [0.29, 0.717) is 5.56 Å². The van der Waals surface area contributed by atoms with Gasteiger partial charge in [0.05, 0.1) is 0 Å². The topological polar surface area (TPSA) is 29.4 Å². The van der Waals surface area contributed by atoms with Crippen LogP contribution in [0.3, 0.4) is 0 Å². The maximum absolute atomic E-state index is 11.1. The Morgan fingerprint density at radius 1 is 1.18 bits per heavy atom. The van der Waals surface area contributed by atoms with E-state index in [2.05, 4.69) is 21.8 Å². The molecule has 1 amide bonds. The number of carbonyl (C=O) groups is 1. The summed E-state index contributed by atoms with van der Waals surface area (Å²) in [6.45, 7) is 0. The summed E-state index contributed by atoms with van der Waals surface area (Å²) < 4.78 is 0.762. The predicted octanol–water partition coefficient (Wildman–Crippen LogP) is 0.755. The second-order valence-corrected chi connectivity index (χ2v) is 3.17. The van der Waals surface area contributed by atoms with Crippen LogP contribution in [0.4, 0.5) is 0 Å². The fraction of sp³-hybridized carbons (Fsp3) is 0. The summed E-state index contributed by atoms with van der Waals surface area (Å²) in [6.07, 6.45) is 0. The maximum atomic E-state index is 11.1. The molecule has 0 spiro atoms. The van der Waals surface area contributed by atoms with Gasteiger partial charge in [0.2, 0.25) is 0 Å². The number of amides is 1. The number of aliphatic imine (C=N–C) groups is 1. The predicted molar refractivity (Wildman–Crippen MR) is 43.1 cm³/mol. The zero-order valence-electron chi connectivity index (χ0n) is 5.61. The van der Waals surface area contributed by atoms with E-state index in [1.807, 2.05) is 18.2 Å². The van der Waals surface area contributed by atoms with Crippen LogP contribution in [0.25, 0.3) is 0 Å². The molecule has 3 heteroatoms. The van der Waals surface area contributed by atoms with Crippen molar-refractivity contribution in [2.24, 2.45) is 4.99 Å². The molecule has 0 saturated carbocycles. The zero-order valence-corrected chi connectivity index (χ0v) is 7.49. The number of nitrogens with zero attached hydrogens (tertiary/aromatic N) is 1. The molecule has 0 unspecified atom stereocenters. The van der Waals surface area contributed by atoms with Crippen LogP contribution in [-0.2, 0) is 0 Å². The van der Waals surface area contributed by atoms with Crippen LogP contribution in [0.15, 0.2) is 29.3 Å². The Bertz CT molecular complexity index is 357. The Labute approximate surface area is 72.8 Å². The van der Waals surface area contributed by atoms with Crippen molar-refractivity contribution < 1.29 is 4.79 Å². The van der Waals surface area contributed by atoms with Gasteiger partial charge in [-0.2, -0.15) is 0 Å². The Balaban J connectivity index is 2.71. The molecule has 1 aromatic carbocycles. The number of hydrogen-bond donors (Lipinski definition) is 0. The molecule has 1 aromatic rings. The summed E-state index contributed by atoms with van der Waals surface area (Å²) >= 11 is 2.30. The van der Waals surface area contributed by atoms with Crippen LogP contribution in [0.1, 0.15) is 15.9 Å². The molecule has 1 heterocycles. The van der Waals surface area contributed by atoms with E-state index in [9.17, 15) is 4.79 Å². The van der Waals surface area contributed by atoms with Crippen molar-refractivity contribution in [1.82, 2.24) is 0 Å². The van der Waals surface area contributed by atoms with Gasteiger partial charge < -0.3 is 0 Å². The summed E-state index contributed by atoms with van der Waals surface area (Å²) in [5, 5.41) is 0. The van der Waals surface area contributed by atoms with Gasteiger partial charge in [-0.25, -0.2) is 0 Å². The van der Waals surface area contributed by atoms with Crippen LogP contribution in [0, 0.1) is 0 Å². The number of rotatable bonds is 0. The molecule has 1 aliphatic rings. The van der Waals surface area contributed by atoms with Gasteiger partial charge in [0.1, 0.15) is 0 Å². The van der Waals surface area contributed by atoms with Crippen LogP contribution in [0.5, 0.6) is 0 Å². The van der Waals surface area contributed by atoms with Gasteiger partial charge in [-0.1, -0.05) is 0 Å². The number of benzene rings is 1. The van der Waals surface area contributed by atoms with E-state index in [1.54, 1.807) is 6.07 Å². The molecular formula is C8H4AsNO. The van der Waals surface area contributed by atoms with Crippen molar-refractivity contribution in [3.05, 3.63) is 35.4 Å². The first-order valence-corrected chi connectivity index (χ1v) is 4.14. The van der Waals surface area contributed by atoms with Crippen LogP contribution < -0.4 is 0 Å². The van der Waals surface area contributed by atoms with E-state index in [0.717, 1.165) is 10.1 Å². The molecule has 2 rings (SSSR count). The monoisotopic (exact) mass is 205 g/mol. The van der Waals surface area contributed by atoms with Crippen molar-refractivity contribution in [3.8, 4) is 0 Å². The van der Waals surface area contributed by atoms with Crippen molar-refractivity contribution in [2.75, 3.05) is 0 Å². The molecule has 2 radical (unpaired) electrons. The van der Waals surface area contributed by atoms with E-state index in [4.69, 9.17) is 0 Å². The molecule has 2 nitrogen and oxygen atoms in total. The molecule has 0 saturated heterocycles. The van der Waals surface area contributed by atoms with Crippen LogP contribution >= 0.6 is 0 Å². The number of carbonyl (C=O) groups excluding carboxylic acids is 1. The van der Waals surface area contributed by atoms with E-state index >= 15 is 0 Å². The quantitative estimate of drug-likeness (QED) is 0.575. The molecule has 0 atom stereocenters. The summed E-state index contributed by atoms with van der Waals surface area (Å²) in [4.78, 5) is 14.9. The summed E-state index contributed by atoms with van der Waals surface area (Å²) in [5.41, 5.74) is 1.65. The van der Waals surface area contributed by atoms with Crippen molar-refractivity contribution in [3.63, 3.8) is 0 Å². The van der Waals surface area contributed by atoms with Gasteiger partial charge in [0.25, 0.3) is 0 Å². The van der Waals surface area contributed by atoms with E-state index in [-0.39, 0.29) is 5.91 Å². The van der Waals surface area contributed by atoms with Crippen molar-refractivity contribution in [2.45, 2.75) is 0 Å².